The number of nitrogens with zero attached hydrogens (tertiary/aromatic N) is 1. The van der Waals surface area contributed by atoms with E-state index in [9.17, 15) is 20.4 Å². The van der Waals surface area contributed by atoms with Crippen LogP contribution in [0.15, 0.2) is 0 Å². The van der Waals surface area contributed by atoms with E-state index in [0.717, 1.165) is 0 Å². The Bertz CT molecular complexity index is 187. The molecule has 0 aromatic carbocycles. The maximum absolute atomic E-state index is 10.1. The van der Waals surface area contributed by atoms with Gasteiger partial charge in [-0.2, -0.15) is 0 Å². The molecule has 0 fully saturated rings. The lowest BCUT2D eigenvalue weighted by Crippen LogP contribution is -2.72. The van der Waals surface area contributed by atoms with Crippen LogP contribution in [0, 0.1) is 0 Å². The van der Waals surface area contributed by atoms with E-state index in [1.165, 1.54) is 20.8 Å². The lowest BCUT2D eigenvalue weighted by Gasteiger charge is -2.49. The van der Waals surface area contributed by atoms with Gasteiger partial charge in [0, 0.05) is 20.8 Å². The molecule has 0 spiro atoms. The Morgan fingerprint density at radius 2 is 1.25 bits per heavy atom. The molecule has 0 saturated carbocycles. The molecule has 0 aliphatic carbocycles. The third-order valence-corrected chi connectivity index (χ3v) is 3.25. The summed E-state index contributed by atoms with van der Waals surface area (Å²) in [6.07, 6.45) is -4.15. The molecule has 98 valence electrons. The Morgan fingerprint density at radius 3 is 1.44 bits per heavy atom. The van der Waals surface area contributed by atoms with Crippen LogP contribution < -0.4 is 5.73 Å². The van der Waals surface area contributed by atoms with Crippen LogP contribution in [-0.4, -0.2) is 55.9 Å². The van der Waals surface area contributed by atoms with Crippen molar-refractivity contribution in [1.82, 2.24) is 0 Å². The molecule has 6 heteroatoms. The maximum atomic E-state index is 10.1. The molecule has 6 nitrogen and oxygen atoms in total. The zero-order valence-corrected chi connectivity index (χ0v) is 10.4. The smallest absolute Gasteiger partial charge is 0.212 e. The second-order valence-electron chi connectivity index (χ2n) is 4.28. The Labute approximate surface area is 96.5 Å². The molecular weight excluding hydrogens is 212 g/mol. The van der Waals surface area contributed by atoms with Crippen LogP contribution in [0.4, 0.5) is 0 Å². The predicted molar refractivity (Wildman–Crippen MR) is 59.6 cm³/mol. The van der Waals surface area contributed by atoms with Gasteiger partial charge in [0.25, 0.3) is 0 Å². The molecular formula is C10H25N2O4+. The highest BCUT2D eigenvalue weighted by Crippen LogP contribution is 2.26. The molecule has 0 amide bonds. The van der Waals surface area contributed by atoms with Gasteiger partial charge < -0.3 is 26.2 Å². The van der Waals surface area contributed by atoms with Crippen molar-refractivity contribution in [3.05, 3.63) is 0 Å². The monoisotopic (exact) mass is 237 g/mol. The second kappa shape index (κ2) is 5.90. The highest BCUT2D eigenvalue weighted by atomic mass is 16.4. The van der Waals surface area contributed by atoms with Crippen LogP contribution in [0.2, 0.25) is 0 Å². The van der Waals surface area contributed by atoms with Gasteiger partial charge in [-0.3, -0.25) is 0 Å². The summed E-state index contributed by atoms with van der Waals surface area (Å²) in [4.78, 5) is 0. The van der Waals surface area contributed by atoms with Crippen LogP contribution in [-0.2, 0) is 0 Å². The van der Waals surface area contributed by atoms with Crippen LogP contribution in [0.1, 0.15) is 34.1 Å². The molecule has 5 unspecified atom stereocenters. The summed E-state index contributed by atoms with van der Waals surface area (Å²) in [6.45, 7) is 6.01. The minimum Gasteiger partial charge on any atom is -0.345 e. The van der Waals surface area contributed by atoms with E-state index in [1.54, 1.807) is 6.92 Å². The normalized spacial score (nSPS) is 25.3. The Kier molecular flexibility index (Phi) is 5.81. The van der Waals surface area contributed by atoms with Gasteiger partial charge in [-0.25, -0.2) is 4.48 Å². The fourth-order valence-corrected chi connectivity index (χ4v) is 2.14. The third kappa shape index (κ3) is 2.53. The van der Waals surface area contributed by atoms with Crippen LogP contribution in [0.5, 0.6) is 0 Å². The highest BCUT2D eigenvalue weighted by Gasteiger charge is 2.50. The predicted octanol–water partition coefficient (Wildman–Crippen LogP) is -1.13. The third-order valence-electron chi connectivity index (χ3n) is 3.25. The molecule has 5 atom stereocenters. The average Bonchev–Trinajstić information content (AvgIpc) is 2.15. The molecule has 0 bridgehead atoms. The molecule has 0 heterocycles. The van der Waals surface area contributed by atoms with Gasteiger partial charge in [0.1, 0.15) is 0 Å². The highest BCUT2D eigenvalue weighted by molar-refractivity contribution is 4.65. The molecule has 0 aliphatic heterocycles. The van der Waals surface area contributed by atoms with Crippen LogP contribution in [0.3, 0.4) is 0 Å². The first kappa shape index (κ1) is 15.8. The van der Waals surface area contributed by atoms with Crippen molar-refractivity contribution in [2.24, 2.45) is 5.73 Å². The van der Waals surface area contributed by atoms with E-state index in [0.29, 0.717) is 6.42 Å². The standard InChI is InChI=1S/C10H25N2O4/c1-5-9(11)10(16)12(6(2)13,7(3)14)8(4)15/h6-10,13-16H,5,11H2,1-4H3/q+1. The number of aliphatic hydroxyl groups excluding tert-OH is 4. The van der Waals surface area contributed by atoms with Crippen molar-refractivity contribution in [2.75, 3.05) is 0 Å². The topological polar surface area (TPSA) is 107 Å². The van der Waals surface area contributed by atoms with Gasteiger partial charge in [-0.05, 0) is 6.42 Å². The number of hydrogen-bond acceptors (Lipinski definition) is 5. The minimum absolute atomic E-state index is 0.479. The first-order chi connectivity index (χ1) is 7.22. The summed E-state index contributed by atoms with van der Waals surface area (Å²) in [7, 11) is 0. The van der Waals surface area contributed by atoms with Crippen molar-refractivity contribution in [1.29, 1.82) is 0 Å². The zero-order valence-electron chi connectivity index (χ0n) is 10.4. The quantitative estimate of drug-likeness (QED) is 0.297. The largest absolute Gasteiger partial charge is 0.345 e. The van der Waals surface area contributed by atoms with Crippen LogP contribution in [0.25, 0.3) is 0 Å². The summed E-state index contributed by atoms with van der Waals surface area (Å²) in [5, 5.41) is 39.4. The van der Waals surface area contributed by atoms with E-state index in [2.05, 4.69) is 0 Å². The summed E-state index contributed by atoms with van der Waals surface area (Å²) in [5.41, 5.74) is 5.72. The molecule has 0 radical (unpaired) electrons. The number of rotatable bonds is 6. The first-order valence-corrected chi connectivity index (χ1v) is 5.58. The van der Waals surface area contributed by atoms with Gasteiger partial charge in [-0.15, -0.1) is 0 Å². The minimum atomic E-state index is -1.23. The number of nitrogens with two attached hydrogens (primary N) is 1. The van der Waals surface area contributed by atoms with Gasteiger partial charge in [-0.1, -0.05) is 6.92 Å². The van der Waals surface area contributed by atoms with Crippen molar-refractivity contribution in [3.63, 3.8) is 0 Å². The van der Waals surface area contributed by atoms with E-state index >= 15 is 0 Å². The van der Waals surface area contributed by atoms with Crippen molar-refractivity contribution in [3.8, 4) is 0 Å². The first-order valence-electron chi connectivity index (χ1n) is 5.58. The fourth-order valence-electron chi connectivity index (χ4n) is 2.14. The SMILES string of the molecule is CCC(N)C(O)[N+](C(C)O)(C(C)O)C(C)O. The summed E-state index contributed by atoms with van der Waals surface area (Å²) in [6, 6.07) is -0.626. The van der Waals surface area contributed by atoms with Gasteiger partial charge in [0.05, 0.1) is 6.04 Å². The molecule has 0 aromatic rings. The van der Waals surface area contributed by atoms with Crippen LogP contribution >= 0.6 is 0 Å². The van der Waals surface area contributed by atoms with Crippen molar-refractivity contribution in [2.45, 2.75) is 65.1 Å². The molecule has 16 heavy (non-hydrogen) atoms. The molecule has 0 aliphatic rings. The summed E-state index contributed by atoms with van der Waals surface area (Å²) >= 11 is 0. The fraction of sp³-hybridized carbons (Fsp3) is 1.00. The maximum Gasteiger partial charge on any atom is 0.212 e. The van der Waals surface area contributed by atoms with Crippen molar-refractivity contribution < 1.29 is 24.9 Å². The lowest BCUT2D eigenvalue weighted by atomic mass is 10.1. The summed E-state index contributed by atoms with van der Waals surface area (Å²) in [5.74, 6) is 0. The average molecular weight is 237 g/mol. The number of aliphatic hydroxyl groups is 4. The lowest BCUT2D eigenvalue weighted by molar-refractivity contribution is -1.07. The van der Waals surface area contributed by atoms with E-state index in [-0.39, 0.29) is 0 Å². The Balaban J connectivity index is 5.35. The van der Waals surface area contributed by atoms with Gasteiger partial charge in [0.2, 0.25) is 6.23 Å². The molecule has 0 saturated heterocycles. The Morgan fingerprint density at radius 1 is 0.938 bits per heavy atom. The molecule has 0 aromatic heterocycles. The zero-order chi connectivity index (χ0) is 13.1. The summed E-state index contributed by atoms with van der Waals surface area (Å²) < 4.78 is -0.658. The van der Waals surface area contributed by atoms with E-state index in [4.69, 9.17) is 5.73 Å². The molecule has 0 rings (SSSR count). The van der Waals surface area contributed by atoms with E-state index < -0.39 is 35.4 Å². The van der Waals surface area contributed by atoms with E-state index in [1.807, 2.05) is 0 Å². The molecule has 6 N–H and O–H groups in total. The number of hydrogen-bond donors (Lipinski definition) is 5. The Hall–Kier alpha value is -0.240. The second-order valence-corrected chi connectivity index (χ2v) is 4.28. The van der Waals surface area contributed by atoms with Crippen molar-refractivity contribution >= 4 is 0 Å². The van der Waals surface area contributed by atoms with Gasteiger partial charge in [0.15, 0.2) is 18.7 Å². The number of quaternary nitrogens is 1. The van der Waals surface area contributed by atoms with Gasteiger partial charge >= 0.3 is 0 Å².